The average Bonchev–Trinajstić information content (AvgIpc) is 3.52. The molecular weight excluding hydrogens is 688 g/mol. The number of unbranched alkanes of at least 4 members (excludes halogenated alkanes) is 1. The number of benzene rings is 1. The zero-order chi connectivity index (χ0) is 39.8. The molecule has 2 aromatic rings. The van der Waals surface area contributed by atoms with E-state index < -0.39 is 90.4 Å². The van der Waals surface area contributed by atoms with E-state index in [2.05, 4.69) is 31.6 Å². The van der Waals surface area contributed by atoms with Gasteiger partial charge in [0.1, 0.15) is 30.2 Å². The molecule has 1 heterocycles. The Balaban J connectivity index is 2.15. The van der Waals surface area contributed by atoms with E-state index in [4.69, 9.17) is 11.5 Å². The first-order chi connectivity index (χ1) is 25.0. The van der Waals surface area contributed by atoms with Gasteiger partial charge in [0.05, 0.1) is 18.8 Å². The minimum absolute atomic E-state index is 0.0539. The van der Waals surface area contributed by atoms with Crippen LogP contribution in [0.4, 0.5) is 0 Å². The van der Waals surface area contributed by atoms with Crippen LogP contribution in [-0.2, 0) is 35.2 Å². The van der Waals surface area contributed by atoms with Crippen molar-refractivity contribution < 1.29 is 44.1 Å². The van der Waals surface area contributed by atoms with Gasteiger partial charge in [-0.25, -0.2) is 4.79 Å². The predicted octanol–water partition coefficient (Wildman–Crippen LogP) is -0.859. The van der Waals surface area contributed by atoms with Gasteiger partial charge in [-0.2, -0.15) is 0 Å². The van der Waals surface area contributed by atoms with Crippen molar-refractivity contribution >= 4 is 46.4 Å². The molecule has 1 aromatic carbocycles. The van der Waals surface area contributed by atoms with Gasteiger partial charge in [-0.1, -0.05) is 52.3 Å². The normalized spacial score (nSPS) is 16.0. The van der Waals surface area contributed by atoms with E-state index in [-0.39, 0.29) is 25.2 Å². The minimum Gasteiger partial charge on any atom is -0.480 e. The smallest absolute Gasteiger partial charge is 0.326 e. The number of carbonyl (C=O) groups excluding carboxylic acids is 5. The van der Waals surface area contributed by atoms with Crippen LogP contribution in [-0.4, -0.2) is 111 Å². The summed E-state index contributed by atoms with van der Waals surface area (Å²) in [4.78, 5) is 81.4. The van der Waals surface area contributed by atoms with Gasteiger partial charge in [0, 0.05) is 17.1 Å². The van der Waals surface area contributed by atoms with Crippen LogP contribution in [0.15, 0.2) is 30.5 Å². The van der Waals surface area contributed by atoms with Gasteiger partial charge in [0.15, 0.2) is 0 Å². The van der Waals surface area contributed by atoms with Gasteiger partial charge in [0.25, 0.3) is 0 Å². The molecule has 0 saturated carbocycles. The zero-order valence-corrected chi connectivity index (χ0v) is 31.2. The number of aliphatic hydroxyl groups excluding tert-OH is 2. The molecule has 0 aliphatic rings. The van der Waals surface area contributed by atoms with E-state index in [0.29, 0.717) is 25.8 Å². The highest BCUT2D eigenvalue weighted by Crippen LogP contribution is 2.19. The van der Waals surface area contributed by atoms with Gasteiger partial charge in [-0.3, -0.25) is 24.0 Å². The second-order valence-corrected chi connectivity index (χ2v) is 13.9. The minimum atomic E-state index is -1.64. The first-order valence-electron chi connectivity index (χ1n) is 18.1. The number of aliphatic hydroxyl groups is 2. The topological polar surface area (TPSA) is 291 Å². The highest BCUT2D eigenvalue weighted by Gasteiger charge is 2.35. The largest absolute Gasteiger partial charge is 0.480 e. The molecule has 0 aliphatic carbocycles. The molecule has 5 amide bonds. The first kappa shape index (κ1) is 44.6. The average molecular weight is 747 g/mol. The monoisotopic (exact) mass is 746 g/mol. The van der Waals surface area contributed by atoms with Gasteiger partial charge < -0.3 is 58.4 Å². The number of aliphatic carboxylic acids is 1. The van der Waals surface area contributed by atoms with Gasteiger partial charge in [0.2, 0.25) is 29.5 Å². The Morgan fingerprint density at radius 2 is 1.38 bits per heavy atom. The van der Waals surface area contributed by atoms with E-state index in [1.807, 2.05) is 24.3 Å². The molecule has 0 fully saturated rings. The molecule has 1 aromatic heterocycles. The molecular formula is C36H58N8O9. The lowest BCUT2D eigenvalue weighted by atomic mass is 9.97. The Kier molecular flexibility index (Phi) is 18.4. The summed E-state index contributed by atoms with van der Waals surface area (Å²) < 4.78 is 0. The molecule has 8 atom stereocenters. The number of nitrogens with two attached hydrogens (primary N) is 2. The summed E-state index contributed by atoms with van der Waals surface area (Å²) in [6.07, 6.45) is 2.06. The Morgan fingerprint density at radius 3 is 1.96 bits per heavy atom. The van der Waals surface area contributed by atoms with E-state index in [1.54, 1.807) is 33.9 Å². The highest BCUT2D eigenvalue weighted by atomic mass is 16.4. The van der Waals surface area contributed by atoms with Crippen LogP contribution in [0, 0.1) is 11.8 Å². The number of rotatable bonds is 23. The number of carboxylic acid groups (broad SMARTS) is 1. The Morgan fingerprint density at radius 1 is 0.792 bits per heavy atom. The summed E-state index contributed by atoms with van der Waals surface area (Å²) in [6.45, 7) is 7.75. The quantitative estimate of drug-likeness (QED) is 0.0622. The molecule has 17 heteroatoms. The number of hydrogen-bond acceptors (Lipinski definition) is 10. The van der Waals surface area contributed by atoms with Crippen LogP contribution in [0.5, 0.6) is 0 Å². The van der Waals surface area contributed by atoms with Crippen molar-refractivity contribution in [3.8, 4) is 0 Å². The molecule has 0 saturated heterocycles. The van der Waals surface area contributed by atoms with E-state index in [9.17, 15) is 44.1 Å². The van der Waals surface area contributed by atoms with E-state index in [1.165, 1.54) is 6.92 Å². The summed E-state index contributed by atoms with van der Waals surface area (Å²) in [5.74, 6) is -5.86. The highest BCUT2D eigenvalue weighted by molar-refractivity contribution is 5.97. The standard InChI is InChI=1S/C36H58N8O9/c1-6-20(4)29(43-31(47)24(38)16-22-17-39-25-12-8-7-11-23(22)25)34(50)42-28(18-45)33(49)44-30(21(5)46)35(51)40-26(13-9-10-14-37)32(48)41-27(36(52)53)15-19(2)3/h7-8,11-12,17,19-21,24,26-30,39,45-46H,6,9-10,13-16,18,37-38H2,1-5H3,(H,40,51)(H,41,48)(H,42,50)(H,43,47)(H,44,49)(H,52,53). The van der Waals surface area contributed by atoms with Crippen LogP contribution in [0.2, 0.25) is 0 Å². The molecule has 53 heavy (non-hydrogen) atoms. The number of aromatic nitrogens is 1. The summed E-state index contributed by atoms with van der Waals surface area (Å²) in [5.41, 5.74) is 13.5. The molecule has 0 bridgehead atoms. The van der Waals surface area contributed by atoms with Crippen LogP contribution in [0.3, 0.4) is 0 Å². The van der Waals surface area contributed by atoms with Crippen LogP contribution >= 0.6 is 0 Å². The molecule has 296 valence electrons. The summed E-state index contributed by atoms with van der Waals surface area (Å²) in [6, 6.07) is -0.296. The van der Waals surface area contributed by atoms with Crippen LogP contribution in [0.25, 0.3) is 10.9 Å². The molecule has 8 unspecified atom stereocenters. The second-order valence-electron chi connectivity index (χ2n) is 13.9. The van der Waals surface area contributed by atoms with Crippen molar-refractivity contribution in [2.24, 2.45) is 23.3 Å². The third-order valence-corrected chi connectivity index (χ3v) is 9.02. The Bertz CT molecular complexity index is 1530. The number of amides is 5. The van der Waals surface area contributed by atoms with Crippen molar-refractivity contribution in [3.63, 3.8) is 0 Å². The molecule has 0 spiro atoms. The lowest BCUT2D eigenvalue weighted by molar-refractivity contribution is -0.143. The number of fused-ring (bicyclic) bond motifs is 1. The van der Waals surface area contributed by atoms with E-state index in [0.717, 1.165) is 16.5 Å². The van der Waals surface area contributed by atoms with Crippen molar-refractivity contribution in [3.05, 3.63) is 36.0 Å². The Labute approximate surface area is 309 Å². The summed E-state index contributed by atoms with van der Waals surface area (Å²) >= 11 is 0. The molecule has 0 aliphatic heterocycles. The zero-order valence-electron chi connectivity index (χ0n) is 31.2. The van der Waals surface area contributed by atoms with E-state index >= 15 is 0 Å². The fourth-order valence-corrected chi connectivity index (χ4v) is 5.70. The van der Waals surface area contributed by atoms with Gasteiger partial charge in [-0.15, -0.1) is 0 Å². The summed E-state index contributed by atoms with van der Waals surface area (Å²) in [7, 11) is 0. The van der Waals surface area contributed by atoms with Crippen molar-refractivity contribution in [2.45, 2.75) is 115 Å². The number of carboxylic acids is 1. The number of para-hydroxylation sites is 1. The number of carbonyl (C=O) groups is 6. The SMILES string of the molecule is CCC(C)C(NC(=O)C(N)Cc1c[nH]c2ccccc12)C(=O)NC(CO)C(=O)NC(C(=O)NC(CCCCN)C(=O)NC(CC(C)C)C(=O)O)C(C)O. The fraction of sp³-hybridized carbons (Fsp3) is 0.611. The summed E-state index contributed by atoms with van der Waals surface area (Å²) in [5, 5.41) is 43.4. The fourth-order valence-electron chi connectivity index (χ4n) is 5.70. The lowest BCUT2D eigenvalue weighted by Gasteiger charge is -2.29. The Hall–Kier alpha value is -4.58. The van der Waals surface area contributed by atoms with Crippen LogP contribution < -0.4 is 38.1 Å². The van der Waals surface area contributed by atoms with Gasteiger partial charge in [-0.05, 0) is 69.0 Å². The maximum atomic E-state index is 13.5. The maximum Gasteiger partial charge on any atom is 0.326 e. The number of aromatic amines is 1. The second kappa shape index (κ2) is 21.8. The first-order valence-corrected chi connectivity index (χ1v) is 18.1. The predicted molar refractivity (Wildman–Crippen MR) is 198 cm³/mol. The van der Waals surface area contributed by atoms with Crippen molar-refractivity contribution in [1.29, 1.82) is 0 Å². The van der Waals surface area contributed by atoms with Crippen LogP contribution in [0.1, 0.15) is 72.3 Å². The van der Waals surface area contributed by atoms with Gasteiger partial charge >= 0.3 is 5.97 Å². The third kappa shape index (κ3) is 13.7. The number of H-pyrrole nitrogens is 1. The van der Waals surface area contributed by atoms with Crippen molar-refractivity contribution in [1.82, 2.24) is 31.6 Å². The van der Waals surface area contributed by atoms with Crippen molar-refractivity contribution in [2.75, 3.05) is 13.2 Å². The lowest BCUT2D eigenvalue weighted by Crippen LogP contribution is -2.62. The molecule has 17 nitrogen and oxygen atoms in total. The molecule has 13 N–H and O–H groups in total. The number of nitrogens with one attached hydrogen (secondary N) is 6. The molecule has 0 radical (unpaired) electrons. The maximum absolute atomic E-state index is 13.5. The number of hydrogen-bond donors (Lipinski definition) is 11. The molecule has 2 rings (SSSR count). The third-order valence-electron chi connectivity index (χ3n) is 9.02.